The molecule has 1 fully saturated rings. The normalized spacial score (nSPS) is 21.6. The Labute approximate surface area is 170 Å². The number of para-hydroxylation sites is 1. The number of carbonyl (C=O) groups excluding carboxylic acids is 1. The molecule has 1 aromatic heterocycles. The van der Waals surface area contributed by atoms with E-state index in [1.807, 2.05) is 52.8 Å². The smallest absolute Gasteiger partial charge is 0.442 e. The average molecular weight is 403 g/mol. The number of ether oxygens (including phenoxy) is 2. The maximum absolute atomic E-state index is 13.0. The lowest BCUT2D eigenvalue weighted by molar-refractivity contribution is -0.0841. The van der Waals surface area contributed by atoms with E-state index in [1.165, 1.54) is 4.68 Å². The second kappa shape index (κ2) is 7.33. The van der Waals surface area contributed by atoms with Gasteiger partial charge in [0.15, 0.2) is 6.10 Å². The molecule has 1 aromatic carbocycles. The van der Waals surface area contributed by atoms with Gasteiger partial charge in [-0.15, -0.1) is 5.10 Å². The lowest BCUT2D eigenvalue weighted by atomic mass is 9.97. The van der Waals surface area contributed by atoms with Gasteiger partial charge in [0.05, 0.1) is 11.7 Å². The lowest BCUT2D eigenvalue weighted by Crippen LogP contribution is -2.51. The van der Waals surface area contributed by atoms with Crippen molar-refractivity contribution in [3.05, 3.63) is 46.8 Å². The molecule has 1 aliphatic rings. The summed E-state index contributed by atoms with van der Waals surface area (Å²) in [5, 5.41) is 4.36. The predicted octanol–water partition coefficient (Wildman–Crippen LogP) is 3.89. The van der Waals surface area contributed by atoms with Gasteiger partial charge in [0.1, 0.15) is 11.3 Å². The first-order valence-corrected chi connectivity index (χ1v) is 9.76. The van der Waals surface area contributed by atoms with Crippen molar-refractivity contribution in [2.24, 2.45) is 5.92 Å². The molecule has 8 nitrogen and oxygen atoms in total. The second-order valence-electron chi connectivity index (χ2n) is 9.02. The van der Waals surface area contributed by atoms with Crippen LogP contribution in [0.3, 0.4) is 0 Å². The first-order chi connectivity index (χ1) is 13.4. The van der Waals surface area contributed by atoms with Crippen LogP contribution in [-0.2, 0) is 9.47 Å². The van der Waals surface area contributed by atoms with Gasteiger partial charge in [-0.2, -0.15) is 4.68 Å². The molecule has 2 aromatic rings. The van der Waals surface area contributed by atoms with Crippen LogP contribution in [0.25, 0.3) is 5.69 Å². The van der Waals surface area contributed by atoms with Crippen LogP contribution in [0.4, 0.5) is 4.79 Å². The van der Waals surface area contributed by atoms with Crippen LogP contribution in [0.1, 0.15) is 60.5 Å². The van der Waals surface area contributed by atoms with E-state index in [2.05, 4.69) is 5.10 Å². The topological polar surface area (TPSA) is 86.8 Å². The summed E-state index contributed by atoms with van der Waals surface area (Å²) < 4.78 is 18.4. The Hall–Kier alpha value is -2.61. The zero-order valence-corrected chi connectivity index (χ0v) is 18.0. The first kappa shape index (κ1) is 21.1. The van der Waals surface area contributed by atoms with Crippen LogP contribution in [0.2, 0.25) is 0 Å². The van der Waals surface area contributed by atoms with E-state index in [1.54, 1.807) is 30.9 Å². The number of benzene rings is 1. The molecule has 3 rings (SSSR count). The number of hydrogen-bond acceptors (Lipinski definition) is 6. The molecule has 158 valence electrons. The number of hydrogen-bond donors (Lipinski definition) is 0. The maximum atomic E-state index is 13.0. The highest BCUT2D eigenvalue weighted by Crippen LogP contribution is 2.43. The van der Waals surface area contributed by atoms with Crippen molar-refractivity contribution < 1.29 is 18.7 Å². The minimum Gasteiger partial charge on any atom is -0.444 e. The van der Waals surface area contributed by atoms with E-state index in [0.717, 1.165) is 0 Å². The summed E-state index contributed by atoms with van der Waals surface area (Å²) in [6.07, 6.45) is -1.18. The van der Waals surface area contributed by atoms with Gasteiger partial charge < -0.3 is 13.9 Å². The second-order valence-corrected chi connectivity index (χ2v) is 9.02. The zero-order chi connectivity index (χ0) is 21.6. The van der Waals surface area contributed by atoms with Gasteiger partial charge in [-0.25, -0.2) is 9.59 Å². The molecule has 2 heterocycles. The number of nitrogens with zero attached hydrogens (tertiary/aromatic N) is 3. The molecule has 1 saturated heterocycles. The highest BCUT2D eigenvalue weighted by atomic mass is 16.6. The van der Waals surface area contributed by atoms with Gasteiger partial charge in [-0.1, -0.05) is 32.0 Å². The van der Waals surface area contributed by atoms with Gasteiger partial charge in [-0.3, -0.25) is 4.90 Å². The van der Waals surface area contributed by atoms with Crippen molar-refractivity contribution in [1.29, 1.82) is 0 Å². The molecule has 2 atom stereocenters. The Morgan fingerprint density at radius 3 is 2.38 bits per heavy atom. The Kier molecular flexibility index (Phi) is 5.34. The van der Waals surface area contributed by atoms with E-state index in [-0.39, 0.29) is 11.8 Å². The van der Waals surface area contributed by atoms with E-state index in [9.17, 15) is 9.59 Å². The van der Waals surface area contributed by atoms with Crippen molar-refractivity contribution in [3.8, 4) is 5.69 Å². The van der Waals surface area contributed by atoms with E-state index in [0.29, 0.717) is 5.69 Å². The Bertz CT molecular complexity index is 924. The van der Waals surface area contributed by atoms with Crippen LogP contribution < -0.4 is 5.76 Å². The van der Waals surface area contributed by atoms with Crippen molar-refractivity contribution >= 4 is 6.09 Å². The molecule has 0 spiro atoms. The van der Waals surface area contributed by atoms with Crippen LogP contribution in [0.5, 0.6) is 0 Å². The largest absolute Gasteiger partial charge is 0.444 e. The van der Waals surface area contributed by atoms with E-state index < -0.39 is 35.3 Å². The summed E-state index contributed by atoms with van der Waals surface area (Å²) in [5.41, 5.74) is -1.01. The highest BCUT2D eigenvalue weighted by molar-refractivity contribution is 5.70. The van der Waals surface area contributed by atoms with E-state index in [4.69, 9.17) is 13.9 Å². The molecular weight excluding hydrogens is 374 g/mol. The fourth-order valence-corrected chi connectivity index (χ4v) is 3.57. The third-order valence-corrected chi connectivity index (χ3v) is 4.68. The summed E-state index contributed by atoms with van der Waals surface area (Å²) >= 11 is 0. The Morgan fingerprint density at radius 1 is 1.21 bits per heavy atom. The minimum absolute atomic E-state index is 0.00136. The van der Waals surface area contributed by atoms with Crippen LogP contribution in [0.15, 0.2) is 39.5 Å². The molecule has 8 heteroatoms. The van der Waals surface area contributed by atoms with Crippen LogP contribution in [-0.4, -0.2) is 38.1 Å². The number of carbonyl (C=O) groups is 1. The molecule has 0 unspecified atom stereocenters. The number of amides is 1. The van der Waals surface area contributed by atoms with Crippen molar-refractivity contribution in [2.75, 3.05) is 0 Å². The molecule has 0 N–H and O–H groups in total. The number of rotatable bonds is 3. The molecule has 29 heavy (non-hydrogen) atoms. The van der Waals surface area contributed by atoms with Crippen LogP contribution >= 0.6 is 0 Å². The maximum Gasteiger partial charge on any atom is 0.442 e. The standard InChI is InChI=1S/C21H29N3O5/c1-13(2)15-16(28-21(6,7)23(15)18(25)29-20(3,4)5)17-22-24(19(26)27-17)14-11-9-8-10-12-14/h8-13,15-16H,1-7H3/t15-,16+/m0/s1. The van der Waals surface area contributed by atoms with Gasteiger partial charge in [-0.05, 0) is 52.7 Å². The van der Waals surface area contributed by atoms with Gasteiger partial charge in [0.2, 0.25) is 5.89 Å². The fraction of sp³-hybridized carbons (Fsp3) is 0.571. The summed E-state index contributed by atoms with van der Waals surface area (Å²) in [6.45, 7) is 13.0. The molecule has 0 aliphatic carbocycles. The van der Waals surface area contributed by atoms with Crippen molar-refractivity contribution in [1.82, 2.24) is 14.7 Å². The molecule has 1 aliphatic heterocycles. The highest BCUT2D eigenvalue weighted by Gasteiger charge is 2.54. The van der Waals surface area contributed by atoms with Crippen molar-refractivity contribution in [3.63, 3.8) is 0 Å². The summed E-state index contributed by atoms with van der Waals surface area (Å²) in [5.74, 6) is -0.469. The molecule has 0 bridgehead atoms. The van der Waals surface area contributed by atoms with Crippen LogP contribution in [0, 0.1) is 5.92 Å². The third kappa shape index (κ3) is 4.22. The monoisotopic (exact) mass is 403 g/mol. The fourth-order valence-electron chi connectivity index (χ4n) is 3.57. The Morgan fingerprint density at radius 2 is 1.83 bits per heavy atom. The predicted molar refractivity (Wildman–Crippen MR) is 107 cm³/mol. The molecule has 0 radical (unpaired) electrons. The summed E-state index contributed by atoms with van der Waals surface area (Å²) in [4.78, 5) is 27.0. The minimum atomic E-state index is -0.961. The Balaban J connectivity index is 2.00. The van der Waals surface area contributed by atoms with Gasteiger partial charge in [0.25, 0.3) is 0 Å². The first-order valence-electron chi connectivity index (χ1n) is 9.76. The quantitative estimate of drug-likeness (QED) is 0.773. The van der Waals surface area contributed by atoms with Gasteiger partial charge in [0, 0.05) is 0 Å². The molecular formula is C21H29N3O5. The summed E-state index contributed by atoms with van der Waals surface area (Å²) in [7, 11) is 0. The SMILES string of the molecule is CC(C)[C@H]1[C@H](c2nn(-c3ccccc3)c(=O)o2)OC(C)(C)N1C(=O)OC(C)(C)C. The lowest BCUT2D eigenvalue weighted by Gasteiger charge is -2.36. The van der Waals surface area contributed by atoms with Crippen molar-refractivity contribution in [2.45, 2.75) is 71.9 Å². The number of aromatic nitrogens is 2. The zero-order valence-electron chi connectivity index (χ0n) is 18.0. The third-order valence-electron chi connectivity index (χ3n) is 4.68. The van der Waals surface area contributed by atoms with Gasteiger partial charge >= 0.3 is 11.8 Å². The average Bonchev–Trinajstić information content (AvgIpc) is 3.11. The molecule has 0 saturated carbocycles. The summed E-state index contributed by atoms with van der Waals surface area (Å²) in [6, 6.07) is 8.59. The van der Waals surface area contributed by atoms with E-state index >= 15 is 0 Å². The molecule has 1 amide bonds.